The first kappa shape index (κ1) is 11.9. The van der Waals surface area contributed by atoms with Gasteiger partial charge in [-0.15, -0.1) is 11.3 Å². The fourth-order valence-corrected chi connectivity index (χ4v) is 2.72. The summed E-state index contributed by atoms with van der Waals surface area (Å²) < 4.78 is 0. The lowest BCUT2D eigenvalue weighted by Gasteiger charge is -2.03. The number of rotatable bonds is 5. The Morgan fingerprint density at radius 1 is 1.71 bits per heavy atom. The van der Waals surface area contributed by atoms with Gasteiger partial charge in [0.25, 0.3) is 0 Å². The van der Waals surface area contributed by atoms with Crippen molar-refractivity contribution in [3.8, 4) is 0 Å². The van der Waals surface area contributed by atoms with Crippen molar-refractivity contribution in [2.24, 2.45) is 0 Å². The predicted molar refractivity (Wildman–Crippen MR) is 63.3 cm³/mol. The van der Waals surface area contributed by atoms with Crippen LogP contribution in [0.1, 0.15) is 53.4 Å². The molecule has 0 spiro atoms. The molecule has 1 heterocycles. The third kappa shape index (κ3) is 3.17. The average molecular weight is 276 g/mol. The SMILES string of the molecule is CCCCC(Br)c1nc(C(C)=O)cs1. The maximum atomic E-state index is 11.0. The first-order valence-corrected chi connectivity index (χ1v) is 6.55. The van der Waals surface area contributed by atoms with Gasteiger partial charge in [-0.3, -0.25) is 4.79 Å². The van der Waals surface area contributed by atoms with Crippen molar-refractivity contribution in [3.63, 3.8) is 0 Å². The summed E-state index contributed by atoms with van der Waals surface area (Å²) in [6.07, 6.45) is 3.46. The zero-order chi connectivity index (χ0) is 10.6. The number of alkyl halides is 1. The number of ketones is 1. The molecule has 1 atom stereocenters. The lowest BCUT2D eigenvalue weighted by molar-refractivity contribution is 0.101. The Labute approximate surface area is 96.9 Å². The van der Waals surface area contributed by atoms with E-state index in [1.54, 1.807) is 18.3 Å². The van der Waals surface area contributed by atoms with Gasteiger partial charge in [0.2, 0.25) is 0 Å². The van der Waals surface area contributed by atoms with Crippen LogP contribution in [-0.4, -0.2) is 10.8 Å². The highest BCUT2D eigenvalue weighted by Crippen LogP contribution is 2.30. The van der Waals surface area contributed by atoms with E-state index in [-0.39, 0.29) is 5.78 Å². The second-order valence-corrected chi connectivity index (χ2v) is 5.23. The second kappa shape index (κ2) is 5.61. The molecule has 0 fully saturated rings. The van der Waals surface area contributed by atoms with Crippen molar-refractivity contribution in [1.29, 1.82) is 0 Å². The first-order chi connectivity index (χ1) is 6.65. The molecule has 14 heavy (non-hydrogen) atoms. The number of thiazole rings is 1. The van der Waals surface area contributed by atoms with Gasteiger partial charge in [-0.2, -0.15) is 0 Å². The van der Waals surface area contributed by atoms with Crippen LogP contribution in [0.3, 0.4) is 0 Å². The van der Waals surface area contributed by atoms with Crippen LogP contribution in [0.15, 0.2) is 5.38 Å². The molecule has 0 N–H and O–H groups in total. The number of nitrogens with zero attached hydrogens (tertiary/aromatic N) is 1. The van der Waals surface area contributed by atoms with Crippen LogP contribution in [0.25, 0.3) is 0 Å². The quantitative estimate of drug-likeness (QED) is 0.601. The number of Topliss-reactive ketones (excluding diaryl/α,β-unsaturated/α-hetero) is 1. The largest absolute Gasteiger partial charge is 0.293 e. The van der Waals surface area contributed by atoms with E-state index < -0.39 is 0 Å². The van der Waals surface area contributed by atoms with Gasteiger partial charge in [-0.1, -0.05) is 35.7 Å². The summed E-state index contributed by atoms with van der Waals surface area (Å²) in [6.45, 7) is 3.72. The molecule has 1 aromatic rings. The standard InChI is InChI=1S/C10H14BrNOS/c1-3-4-5-8(11)10-12-9(6-14-10)7(2)13/h6,8H,3-5H2,1-2H3. The average Bonchev–Trinajstić information content (AvgIpc) is 2.62. The van der Waals surface area contributed by atoms with Crippen molar-refractivity contribution >= 4 is 33.0 Å². The maximum Gasteiger partial charge on any atom is 0.178 e. The molecule has 0 saturated carbocycles. The number of hydrogen-bond acceptors (Lipinski definition) is 3. The summed E-state index contributed by atoms with van der Waals surface area (Å²) in [6, 6.07) is 0. The van der Waals surface area contributed by atoms with Gasteiger partial charge < -0.3 is 0 Å². The molecule has 0 saturated heterocycles. The molecular weight excluding hydrogens is 262 g/mol. The molecule has 0 amide bonds. The fraction of sp³-hybridized carbons (Fsp3) is 0.600. The minimum Gasteiger partial charge on any atom is -0.293 e. The first-order valence-electron chi connectivity index (χ1n) is 4.75. The molecule has 0 aromatic carbocycles. The number of carbonyl (C=O) groups is 1. The van der Waals surface area contributed by atoms with Gasteiger partial charge in [0.05, 0.1) is 4.83 Å². The van der Waals surface area contributed by atoms with Crippen LogP contribution >= 0.6 is 27.3 Å². The van der Waals surface area contributed by atoms with Crippen LogP contribution < -0.4 is 0 Å². The van der Waals surface area contributed by atoms with Crippen molar-refractivity contribution in [2.45, 2.75) is 37.9 Å². The Morgan fingerprint density at radius 2 is 2.43 bits per heavy atom. The van der Waals surface area contributed by atoms with Gasteiger partial charge in [0, 0.05) is 12.3 Å². The second-order valence-electron chi connectivity index (χ2n) is 3.24. The smallest absolute Gasteiger partial charge is 0.178 e. The van der Waals surface area contributed by atoms with Crippen LogP contribution in [0.4, 0.5) is 0 Å². The Hall–Kier alpha value is -0.220. The minimum absolute atomic E-state index is 0.0442. The molecule has 1 unspecified atom stereocenters. The zero-order valence-corrected chi connectivity index (χ0v) is 10.8. The van der Waals surface area contributed by atoms with Gasteiger partial charge in [0.15, 0.2) is 5.78 Å². The monoisotopic (exact) mass is 275 g/mol. The number of unbranched alkanes of at least 4 members (excludes halogenated alkanes) is 1. The van der Waals surface area contributed by atoms with E-state index in [1.165, 1.54) is 12.8 Å². The molecule has 0 aliphatic rings. The van der Waals surface area contributed by atoms with E-state index in [0.29, 0.717) is 10.5 Å². The predicted octanol–water partition coefficient (Wildman–Crippen LogP) is 3.97. The molecule has 4 heteroatoms. The molecular formula is C10H14BrNOS. The highest BCUT2D eigenvalue weighted by atomic mass is 79.9. The Balaban J connectivity index is 2.61. The molecule has 78 valence electrons. The van der Waals surface area contributed by atoms with E-state index >= 15 is 0 Å². The summed E-state index contributed by atoms with van der Waals surface area (Å²) >= 11 is 5.14. The van der Waals surface area contributed by atoms with Crippen molar-refractivity contribution in [1.82, 2.24) is 4.98 Å². The molecule has 0 radical (unpaired) electrons. The van der Waals surface area contributed by atoms with Crippen LogP contribution in [0.2, 0.25) is 0 Å². The number of aromatic nitrogens is 1. The van der Waals surface area contributed by atoms with Gasteiger partial charge >= 0.3 is 0 Å². The van der Waals surface area contributed by atoms with E-state index in [1.807, 2.05) is 5.38 Å². The molecule has 0 aliphatic carbocycles. The van der Waals surface area contributed by atoms with Crippen LogP contribution in [0.5, 0.6) is 0 Å². The van der Waals surface area contributed by atoms with E-state index in [4.69, 9.17) is 0 Å². The topological polar surface area (TPSA) is 30.0 Å². The minimum atomic E-state index is 0.0442. The lowest BCUT2D eigenvalue weighted by Crippen LogP contribution is -1.94. The molecule has 1 rings (SSSR count). The third-order valence-electron chi connectivity index (χ3n) is 1.96. The normalized spacial score (nSPS) is 12.8. The van der Waals surface area contributed by atoms with E-state index in [9.17, 15) is 4.79 Å². The summed E-state index contributed by atoms with van der Waals surface area (Å²) in [5, 5.41) is 2.85. The zero-order valence-electron chi connectivity index (χ0n) is 8.42. The number of halogens is 1. The van der Waals surface area contributed by atoms with E-state index in [2.05, 4.69) is 27.8 Å². The summed E-state index contributed by atoms with van der Waals surface area (Å²) in [5.74, 6) is 0.0442. The van der Waals surface area contributed by atoms with Crippen molar-refractivity contribution < 1.29 is 4.79 Å². The maximum absolute atomic E-state index is 11.0. The van der Waals surface area contributed by atoms with Gasteiger partial charge in [0.1, 0.15) is 10.7 Å². The van der Waals surface area contributed by atoms with Crippen molar-refractivity contribution in [2.75, 3.05) is 0 Å². The Bertz CT molecular complexity index is 311. The van der Waals surface area contributed by atoms with Gasteiger partial charge in [-0.25, -0.2) is 4.98 Å². The molecule has 0 aliphatic heterocycles. The molecule has 1 aromatic heterocycles. The highest BCUT2D eigenvalue weighted by molar-refractivity contribution is 9.09. The summed E-state index contributed by atoms with van der Waals surface area (Å²) in [4.78, 5) is 15.6. The van der Waals surface area contributed by atoms with Crippen LogP contribution in [0, 0.1) is 0 Å². The fourth-order valence-electron chi connectivity index (χ4n) is 1.10. The third-order valence-corrected chi connectivity index (χ3v) is 4.11. The Kier molecular flexibility index (Phi) is 4.75. The number of hydrogen-bond donors (Lipinski definition) is 0. The van der Waals surface area contributed by atoms with E-state index in [0.717, 1.165) is 11.4 Å². The number of carbonyl (C=O) groups excluding carboxylic acids is 1. The Morgan fingerprint density at radius 3 is 2.93 bits per heavy atom. The van der Waals surface area contributed by atoms with Crippen LogP contribution in [-0.2, 0) is 0 Å². The van der Waals surface area contributed by atoms with Gasteiger partial charge in [-0.05, 0) is 6.42 Å². The molecule has 0 bridgehead atoms. The summed E-state index contributed by atoms with van der Waals surface area (Å²) in [5.41, 5.74) is 0.589. The summed E-state index contributed by atoms with van der Waals surface area (Å²) in [7, 11) is 0. The lowest BCUT2D eigenvalue weighted by atomic mass is 10.2. The molecule has 2 nitrogen and oxygen atoms in total. The highest BCUT2D eigenvalue weighted by Gasteiger charge is 2.13. The van der Waals surface area contributed by atoms with Crippen molar-refractivity contribution in [3.05, 3.63) is 16.1 Å².